The highest BCUT2D eigenvalue weighted by Crippen LogP contribution is 2.16. The van der Waals surface area contributed by atoms with Crippen molar-refractivity contribution in [2.24, 2.45) is 4.99 Å². The van der Waals surface area contributed by atoms with Crippen LogP contribution < -0.4 is 5.32 Å². The second-order valence-corrected chi connectivity index (χ2v) is 2.83. The lowest BCUT2D eigenvalue weighted by atomic mass is 10.4. The highest BCUT2D eigenvalue weighted by molar-refractivity contribution is 5.87. The molecule has 0 fully saturated rings. The normalized spacial score (nSPS) is 15.8. The number of hydrazine groups is 1. The molecule has 0 aromatic rings. The van der Waals surface area contributed by atoms with E-state index in [0.29, 0.717) is 5.01 Å². The predicted octanol–water partition coefficient (Wildman–Crippen LogP) is -1.43. The van der Waals surface area contributed by atoms with Crippen LogP contribution in [0.4, 0.5) is 4.39 Å². The van der Waals surface area contributed by atoms with Gasteiger partial charge in [0.15, 0.2) is 18.4 Å². The third-order valence-corrected chi connectivity index (χ3v) is 1.84. The van der Waals surface area contributed by atoms with Crippen LogP contribution in [0.25, 0.3) is 0 Å². The molecule has 0 atom stereocenters. The van der Waals surface area contributed by atoms with Crippen molar-refractivity contribution in [3.63, 3.8) is 0 Å². The fourth-order valence-corrected chi connectivity index (χ4v) is 0.986. The van der Waals surface area contributed by atoms with Crippen molar-refractivity contribution in [3.8, 4) is 0 Å². The van der Waals surface area contributed by atoms with Crippen LogP contribution in [0.15, 0.2) is 4.99 Å². The molecule has 17 heavy (non-hydrogen) atoms. The maximum Gasteiger partial charge on any atom is 0.675 e. The predicted molar refractivity (Wildman–Crippen MR) is 47.0 cm³/mol. The van der Waals surface area contributed by atoms with Crippen molar-refractivity contribution in [2.45, 2.75) is 5.92 Å². The quantitative estimate of drug-likeness (QED) is 0.276. The second kappa shape index (κ2) is 4.11. The molecule has 0 spiro atoms. The molecular weight excluding hydrogens is 247 g/mol. The fraction of sp³-hybridized carbons (Fsp3) is 0.750. The molecule has 1 rings (SSSR count). The summed E-state index contributed by atoms with van der Waals surface area (Å²) in [6.07, 6.45) is 0. The van der Waals surface area contributed by atoms with Crippen LogP contribution >= 0.6 is 0 Å². The van der Waals surface area contributed by atoms with Crippen molar-refractivity contribution in [2.75, 3.05) is 13.3 Å². The second-order valence-electron chi connectivity index (χ2n) is 2.83. The van der Waals surface area contributed by atoms with Gasteiger partial charge >= 0.3 is 11.8 Å². The highest BCUT2D eigenvalue weighted by Gasteiger charge is 2.65. The van der Waals surface area contributed by atoms with Crippen LogP contribution in [-0.4, -0.2) is 45.0 Å². The first kappa shape index (κ1) is 12.5. The molecule has 1 aliphatic heterocycles. The summed E-state index contributed by atoms with van der Waals surface area (Å²) >= 11 is 0. The van der Waals surface area contributed by atoms with Crippen LogP contribution in [0.3, 0.4) is 0 Å². The summed E-state index contributed by atoms with van der Waals surface area (Å²) in [6, 6.07) is 0. The Hall–Kier alpha value is -2.60. The van der Waals surface area contributed by atoms with Crippen molar-refractivity contribution in [1.29, 1.82) is 0 Å². The first-order valence-corrected chi connectivity index (χ1v) is 3.96. The Balaban J connectivity index is 2.98. The summed E-state index contributed by atoms with van der Waals surface area (Å²) in [5, 5.41) is 32.2. The Bertz CT molecular complexity index is 395. The van der Waals surface area contributed by atoms with Gasteiger partial charge in [0.05, 0.1) is 0 Å². The van der Waals surface area contributed by atoms with Crippen molar-refractivity contribution in [1.82, 2.24) is 10.3 Å². The lowest BCUT2D eigenvalue weighted by molar-refractivity contribution is -0.806. The molecule has 0 unspecified atom stereocenters. The average molecular weight is 252 g/mol. The van der Waals surface area contributed by atoms with Gasteiger partial charge in [-0.25, -0.2) is 15.1 Å². The summed E-state index contributed by atoms with van der Waals surface area (Å²) in [5.74, 6) is -5.30. The number of hydrogen-bond donors (Lipinski definition) is 1. The van der Waals surface area contributed by atoms with Gasteiger partial charge in [-0.3, -0.25) is 20.2 Å². The third-order valence-electron chi connectivity index (χ3n) is 1.84. The van der Waals surface area contributed by atoms with Gasteiger partial charge in [0.2, 0.25) is 0 Å². The number of nitrogens with zero attached hydrogens (tertiary/aromatic N) is 5. The number of rotatable bonds is 4. The SMILES string of the molecule is O=[N+]([O-])N1CN=C(C(F)([N+](=O)[O-])[N+](=O)[O-])NC1. The van der Waals surface area contributed by atoms with Crippen LogP contribution in [0.1, 0.15) is 0 Å². The summed E-state index contributed by atoms with van der Waals surface area (Å²) in [6.45, 7) is -1.35. The highest BCUT2D eigenvalue weighted by atomic mass is 19.2. The summed E-state index contributed by atoms with van der Waals surface area (Å²) < 4.78 is 13.5. The molecule has 0 radical (unpaired) electrons. The fourth-order valence-electron chi connectivity index (χ4n) is 0.986. The van der Waals surface area contributed by atoms with E-state index in [0.717, 1.165) is 0 Å². The van der Waals surface area contributed by atoms with Crippen LogP contribution in [0, 0.1) is 30.3 Å². The monoisotopic (exact) mass is 252 g/mol. The third kappa shape index (κ3) is 2.01. The molecule has 0 aromatic heterocycles. The van der Waals surface area contributed by atoms with E-state index in [1.54, 1.807) is 0 Å². The Kier molecular flexibility index (Phi) is 3.01. The van der Waals surface area contributed by atoms with E-state index in [4.69, 9.17) is 0 Å². The maximum atomic E-state index is 13.5. The van der Waals surface area contributed by atoms with Crippen molar-refractivity contribution < 1.29 is 19.3 Å². The molecule has 0 aliphatic carbocycles. The van der Waals surface area contributed by atoms with Gasteiger partial charge in [0, 0.05) is 0 Å². The zero-order valence-electron chi connectivity index (χ0n) is 7.98. The molecule has 13 heteroatoms. The van der Waals surface area contributed by atoms with Gasteiger partial charge in [-0.1, -0.05) is 9.40 Å². The zero-order chi connectivity index (χ0) is 13.2. The number of amidine groups is 1. The number of alkyl halides is 1. The Morgan fingerprint density at radius 2 is 1.82 bits per heavy atom. The van der Waals surface area contributed by atoms with Crippen LogP contribution in [0.5, 0.6) is 0 Å². The minimum absolute atomic E-state index is 0.448. The molecule has 1 aliphatic rings. The minimum atomic E-state index is -4.12. The first-order chi connectivity index (χ1) is 7.80. The van der Waals surface area contributed by atoms with E-state index >= 15 is 0 Å². The van der Waals surface area contributed by atoms with E-state index in [2.05, 4.69) is 4.99 Å². The van der Waals surface area contributed by atoms with Gasteiger partial charge in [-0.05, 0) is 0 Å². The van der Waals surface area contributed by atoms with Gasteiger partial charge < -0.3 is 5.32 Å². The lowest BCUT2D eigenvalue weighted by Gasteiger charge is -2.20. The first-order valence-electron chi connectivity index (χ1n) is 3.96. The van der Waals surface area contributed by atoms with E-state index in [1.807, 2.05) is 5.32 Å². The van der Waals surface area contributed by atoms with E-state index in [1.165, 1.54) is 0 Å². The number of hydrogen-bond acceptors (Lipinski definition) is 8. The van der Waals surface area contributed by atoms with E-state index < -0.39 is 40.0 Å². The molecule has 12 nitrogen and oxygen atoms in total. The van der Waals surface area contributed by atoms with Crippen LogP contribution in [-0.2, 0) is 0 Å². The average Bonchev–Trinajstić information content (AvgIpc) is 2.27. The number of nitro groups is 3. The summed E-state index contributed by atoms with van der Waals surface area (Å²) in [4.78, 5) is 30.4. The number of aliphatic imine (C=N–C) groups is 1. The molecule has 0 bridgehead atoms. The molecule has 0 amide bonds. The Morgan fingerprint density at radius 1 is 1.29 bits per heavy atom. The van der Waals surface area contributed by atoms with E-state index in [9.17, 15) is 34.7 Å². The maximum absolute atomic E-state index is 13.5. The van der Waals surface area contributed by atoms with Gasteiger partial charge in [-0.2, -0.15) is 0 Å². The number of halogens is 1. The molecule has 0 saturated heterocycles. The molecule has 94 valence electrons. The van der Waals surface area contributed by atoms with Crippen molar-refractivity contribution >= 4 is 5.84 Å². The minimum Gasteiger partial charge on any atom is -0.336 e. The molecule has 1 heterocycles. The van der Waals surface area contributed by atoms with E-state index in [-0.39, 0.29) is 0 Å². The molecule has 0 saturated carbocycles. The Labute approximate surface area is 91.1 Å². The van der Waals surface area contributed by atoms with Crippen LogP contribution in [0.2, 0.25) is 0 Å². The molecule has 1 N–H and O–H groups in total. The zero-order valence-corrected chi connectivity index (χ0v) is 7.98. The van der Waals surface area contributed by atoms with Gasteiger partial charge in [-0.15, -0.1) is 0 Å². The summed E-state index contributed by atoms with van der Waals surface area (Å²) in [7, 11) is 0. The van der Waals surface area contributed by atoms with Crippen molar-refractivity contribution in [3.05, 3.63) is 30.3 Å². The van der Waals surface area contributed by atoms with Gasteiger partial charge in [0.25, 0.3) is 0 Å². The summed E-state index contributed by atoms with van der Waals surface area (Å²) in [5.41, 5.74) is 0. The molecule has 0 aromatic carbocycles. The lowest BCUT2D eigenvalue weighted by Crippen LogP contribution is -2.59. The smallest absolute Gasteiger partial charge is 0.336 e. The number of nitrogens with one attached hydrogen (secondary N) is 1. The topological polar surface area (TPSA) is 157 Å². The largest absolute Gasteiger partial charge is 0.675 e. The molecular formula is C4H5FN6O6. The van der Waals surface area contributed by atoms with Gasteiger partial charge in [0.1, 0.15) is 9.85 Å². The standard InChI is InChI=1S/C4H5FN6O6/c5-4(9(12)13,10(14)15)3-6-1-8(2-7-3)11(16)17/h1-2H2,(H,6,7). The Morgan fingerprint density at radius 3 is 2.12 bits per heavy atom.